The standard InChI is InChI=1S/C12H14N2O2/c1-3-16-10-6-4-5-9(11(10)15)12-13-7-8(2)14-12/h4-7,15H,3H2,1-2H3,(H,13,14). The molecule has 2 rings (SSSR count). The monoisotopic (exact) mass is 218 g/mol. The molecule has 0 fully saturated rings. The van der Waals surface area contributed by atoms with Gasteiger partial charge in [-0.1, -0.05) is 6.07 Å². The number of aromatic nitrogens is 2. The van der Waals surface area contributed by atoms with Crippen LogP contribution in [0.2, 0.25) is 0 Å². The lowest BCUT2D eigenvalue weighted by atomic mass is 10.2. The Balaban J connectivity index is 2.45. The Morgan fingerprint density at radius 1 is 1.44 bits per heavy atom. The van der Waals surface area contributed by atoms with Gasteiger partial charge in [0.2, 0.25) is 0 Å². The molecule has 0 aliphatic carbocycles. The van der Waals surface area contributed by atoms with Crippen LogP contribution in [0.15, 0.2) is 24.4 Å². The molecule has 0 aliphatic heterocycles. The molecule has 4 nitrogen and oxygen atoms in total. The van der Waals surface area contributed by atoms with Gasteiger partial charge in [-0.05, 0) is 26.0 Å². The Bertz CT molecular complexity index is 492. The number of para-hydroxylation sites is 1. The van der Waals surface area contributed by atoms with Gasteiger partial charge in [0, 0.05) is 11.9 Å². The Morgan fingerprint density at radius 3 is 2.88 bits per heavy atom. The number of nitrogens with one attached hydrogen (secondary N) is 1. The van der Waals surface area contributed by atoms with Crippen LogP contribution in [0.1, 0.15) is 12.6 Å². The molecule has 2 N–H and O–H groups in total. The van der Waals surface area contributed by atoms with Crippen molar-refractivity contribution in [3.8, 4) is 22.9 Å². The average molecular weight is 218 g/mol. The number of aromatic hydroxyl groups is 1. The lowest BCUT2D eigenvalue weighted by Gasteiger charge is -2.08. The van der Waals surface area contributed by atoms with Gasteiger partial charge < -0.3 is 14.8 Å². The minimum absolute atomic E-state index is 0.124. The molecule has 4 heteroatoms. The zero-order valence-electron chi connectivity index (χ0n) is 9.32. The maximum Gasteiger partial charge on any atom is 0.168 e. The molecule has 0 bridgehead atoms. The molecule has 0 saturated heterocycles. The second-order valence-electron chi connectivity index (χ2n) is 3.50. The van der Waals surface area contributed by atoms with E-state index in [1.807, 2.05) is 19.9 Å². The van der Waals surface area contributed by atoms with Gasteiger partial charge in [-0.3, -0.25) is 0 Å². The molecule has 0 aliphatic rings. The summed E-state index contributed by atoms with van der Waals surface area (Å²) in [4.78, 5) is 7.25. The number of nitrogens with zero attached hydrogens (tertiary/aromatic N) is 1. The molecule has 0 atom stereocenters. The van der Waals surface area contributed by atoms with E-state index in [2.05, 4.69) is 9.97 Å². The number of imidazole rings is 1. The van der Waals surface area contributed by atoms with Crippen molar-refractivity contribution in [2.45, 2.75) is 13.8 Å². The first-order valence-electron chi connectivity index (χ1n) is 5.19. The number of ether oxygens (including phenoxy) is 1. The van der Waals surface area contributed by atoms with Crippen molar-refractivity contribution in [3.63, 3.8) is 0 Å². The van der Waals surface area contributed by atoms with Gasteiger partial charge in [0.05, 0.1) is 12.2 Å². The van der Waals surface area contributed by atoms with Crippen molar-refractivity contribution in [1.82, 2.24) is 9.97 Å². The number of aromatic amines is 1. The molecular formula is C12H14N2O2. The van der Waals surface area contributed by atoms with Crippen LogP contribution in [0.5, 0.6) is 11.5 Å². The number of benzene rings is 1. The van der Waals surface area contributed by atoms with Gasteiger partial charge in [-0.2, -0.15) is 0 Å². The predicted octanol–water partition coefficient (Wildman–Crippen LogP) is 2.49. The Labute approximate surface area is 93.9 Å². The summed E-state index contributed by atoms with van der Waals surface area (Å²) in [5.41, 5.74) is 1.61. The van der Waals surface area contributed by atoms with Crippen LogP contribution in [-0.2, 0) is 0 Å². The second-order valence-corrected chi connectivity index (χ2v) is 3.50. The highest BCUT2D eigenvalue weighted by atomic mass is 16.5. The molecule has 1 heterocycles. The van der Waals surface area contributed by atoms with E-state index in [1.165, 1.54) is 0 Å². The number of phenols is 1. The number of phenolic OH excluding ortho intramolecular Hbond substituents is 1. The number of H-pyrrole nitrogens is 1. The van der Waals surface area contributed by atoms with Gasteiger partial charge in [0.15, 0.2) is 11.5 Å². The summed E-state index contributed by atoms with van der Waals surface area (Å²) in [7, 11) is 0. The first kappa shape index (κ1) is 10.5. The summed E-state index contributed by atoms with van der Waals surface area (Å²) < 4.78 is 5.31. The van der Waals surface area contributed by atoms with Gasteiger partial charge in [0.25, 0.3) is 0 Å². The zero-order valence-corrected chi connectivity index (χ0v) is 9.32. The lowest BCUT2D eigenvalue weighted by molar-refractivity contribution is 0.318. The van der Waals surface area contributed by atoms with Crippen LogP contribution in [0, 0.1) is 6.92 Å². The maximum atomic E-state index is 10.00. The predicted molar refractivity (Wildman–Crippen MR) is 61.6 cm³/mol. The van der Waals surface area contributed by atoms with Crippen LogP contribution in [0.3, 0.4) is 0 Å². The van der Waals surface area contributed by atoms with Crippen LogP contribution < -0.4 is 4.74 Å². The number of rotatable bonds is 3. The molecular weight excluding hydrogens is 204 g/mol. The van der Waals surface area contributed by atoms with E-state index in [0.717, 1.165) is 5.69 Å². The fourth-order valence-electron chi connectivity index (χ4n) is 1.53. The molecule has 1 aromatic heterocycles. The minimum atomic E-state index is 0.124. The van der Waals surface area contributed by atoms with Crippen LogP contribution >= 0.6 is 0 Å². The molecule has 1 aromatic carbocycles. The van der Waals surface area contributed by atoms with Gasteiger partial charge in [0.1, 0.15) is 5.82 Å². The van der Waals surface area contributed by atoms with Crippen LogP contribution in [0.25, 0.3) is 11.4 Å². The minimum Gasteiger partial charge on any atom is -0.504 e. The van der Waals surface area contributed by atoms with E-state index in [0.29, 0.717) is 23.7 Å². The fourth-order valence-corrected chi connectivity index (χ4v) is 1.53. The Morgan fingerprint density at radius 2 is 2.25 bits per heavy atom. The fraction of sp³-hybridized carbons (Fsp3) is 0.250. The summed E-state index contributed by atoms with van der Waals surface area (Å²) in [5.74, 6) is 1.25. The Hall–Kier alpha value is -1.97. The highest BCUT2D eigenvalue weighted by Crippen LogP contribution is 2.35. The third-order valence-electron chi connectivity index (χ3n) is 2.26. The smallest absolute Gasteiger partial charge is 0.168 e. The van der Waals surface area contributed by atoms with Crippen LogP contribution in [0.4, 0.5) is 0 Å². The summed E-state index contributed by atoms with van der Waals surface area (Å²) >= 11 is 0. The topological polar surface area (TPSA) is 58.1 Å². The normalized spacial score (nSPS) is 10.4. The van der Waals surface area contributed by atoms with Gasteiger partial charge in [-0.15, -0.1) is 0 Å². The molecule has 2 aromatic rings. The van der Waals surface area contributed by atoms with E-state index in [1.54, 1.807) is 18.3 Å². The lowest BCUT2D eigenvalue weighted by Crippen LogP contribution is -1.93. The highest BCUT2D eigenvalue weighted by molar-refractivity contribution is 5.68. The second kappa shape index (κ2) is 4.26. The molecule has 84 valence electrons. The van der Waals surface area contributed by atoms with Gasteiger partial charge in [-0.25, -0.2) is 4.98 Å². The third-order valence-corrected chi connectivity index (χ3v) is 2.26. The molecule has 0 radical (unpaired) electrons. The van der Waals surface area contributed by atoms with Gasteiger partial charge >= 0.3 is 0 Å². The first-order chi connectivity index (χ1) is 7.72. The van der Waals surface area contributed by atoms with Crippen molar-refractivity contribution in [2.24, 2.45) is 0 Å². The van der Waals surface area contributed by atoms with E-state index in [9.17, 15) is 5.11 Å². The molecule has 0 unspecified atom stereocenters. The van der Waals surface area contributed by atoms with Crippen molar-refractivity contribution < 1.29 is 9.84 Å². The van der Waals surface area contributed by atoms with Crippen LogP contribution in [-0.4, -0.2) is 21.7 Å². The summed E-state index contributed by atoms with van der Waals surface area (Å²) in [6.07, 6.45) is 1.72. The molecule has 0 saturated carbocycles. The number of hydrogen-bond donors (Lipinski definition) is 2. The molecule has 0 amide bonds. The molecule has 16 heavy (non-hydrogen) atoms. The summed E-state index contributed by atoms with van der Waals surface area (Å²) in [6.45, 7) is 4.32. The maximum absolute atomic E-state index is 10.00. The average Bonchev–Trinajstić information content (AvgIpc) is 2.68. The number of aryl methyl sites for hydroxylation is 1. The largest absolute Gasteiger partial charge is 0.504 e. The first-order valence-corrected chi connectivity index (χ1v) is 5.19. The van der Waals surface area contributed by atoms with Crippen molar-refractivity contribution in [3.05, 3.63) is 30.1 Å². The van der Waals surface area contributed by atoms with E-state index < -0.39 is 0 Å². The Kier molecular flexibility index (Phi) is 2.81. The van der Waals surface area contributed by atoms with Crippen molar-refractivity contribution in [1.29, 1.82) is 0 Å². The summed E-state index contributed by atoms with van der Waals surface area (Å²) in [6, 6.07) is 5.37. The van der Waals surface area contributed by atoms with Crippen molar-refractivity contribution >= 4 is 0 Å². The third kappa shape index (κ3) is 1.86. The number of hydrogen-bond acceptors (Lipinski definition) is 3. The quantitative estimate of drug-likeness (QED) is 0.832. The van der Waals surface area contributed by atoms with E-state index >= 15 is 0 Å². The molecule has 0 spiro atoms. The highest BCUT2D eigenvalue weighted by Gasteiger charge is 2.11. The van der Waals surface area contributed by atoms with E-state index in [-0.39, 0.29) is 5.75 Å². The van der Waals surface area contributed by atoms with E-state index in [4.69, 9.17) is 4.74 Å². The summed E-state index contributed by atoms with van der Waals surface area (Å²) in [5, 5.41) is 10.00. The van der Waals surface area contributed by atoms with Crippen molar-refractivity contribution in [2.75, 3.05) is 6.61 Å². The zero-order chi connectivity index (χ0) is 11.5. The SMILES string of the molecule is CCOc1cccc(-c2ncc(C)[nH]2)c1O.